The highest BCUT2D eigenvalue weighted by Gasteiger charge is 2.56. The summed E-state index contributed by atoms with van der Waals surface area (Å²) in [6, 6.07) is 0. The lowest BCUT2D eigenvalue weighted by Crippen LogP contribution is -2.40. The van der Waals surface area contributed by atoms with Gasteiger partial charge in [0.25, 0.3) is 0 Å². The van der Waals surface area contributed by atoms with Crippen molar-refractivity contribution in [3.05, 3.63) is 0 Å². The molecule has 1 N–H and O–H groups in total. The third kappa shape index (κ3) is 1.69. The van der Waals surface area contributed by atoms with Gasteiger partial charge in [0.1, 0.15) is 0 Å². The summed E-state index contributed by atoms with van der Waals surface area (Å²) in [7, 11) is 0. The van der Waals surface area contributed by atoms with Crippen LogP contribution in [0.3, 0.4) is 0 Å². The molecule has 0 spiro atoms. The Hall–Kier alpha value is -0.0400. The number of hydrogen-bond donors (Lipinski definition) is 1. The minimum atomic E-state index is 0.0170. The highest BCUT2D eigenvalue weighted by molar-refractivity contribution is 5.05. The Balaban J connectivity index is 1.76. The van der Waals surface area contributed by atoms with Crippen molar-refractivity contribution in [3.8, 4) is 0 Å². The van der Waals surface area contributed by atoms with Crippen molar-refractivity contribution >= 4 is 0 Å². The Bertz CT molecular complexity index is 292. The molecule has 17 heavy (non-hydrogen) atoms. The Labute approximate surface area is 106 Å². The zero-order valence-corrected chi connectivity index (χ0v) is 11.7. The quantitative estimate of drug-likeness (QED) is 0.733. The van der Waals surface area contributed by atoms with E-state index in [9.17, 15) is 5.11 Å². The number of aliphatic hydroxyl groups excluding tert-OH is 1. The van der Waals surface area contributed by atoms with Crippen molar-refractivity contribution in [2.24, 2.45) is 35.0 Å². The Morgan fingerprint density at radius 2 is 1.59 bits per heavy atom. The molecule has 0 heterocycles. The van der Waals surface area contributed by atoms with Crippen LogP contribution in [0.5, 0.6) is 0 Å². The molecular weight excluding hydrogens is 208 g/mol. The van der Waals surface area contributed by atoms with Crippen LogP contribution in [-0.4, -0.2) is 11.2 Å². The summed E-state index contributed by atoms with van der Waals surface area (Å²) < 4.78 is 0. The average molecular weight is 236 g/mol. The maximum Gasteiger partial charge on any atom is 0.0571 e. The molecule has 0 aromatic rings. The van der Waals surface area contributed by atoms with Crippen LogP contribution < -0.4 is 0 Å². The van der Waals surface area contributed by atoms with Gasteiger partial charge in [0.15, 0.2) is 0 Å². The summed E-state index contributed by atoms with van der Waals surface area (Å²) in [6.45, 7) is 7.40. The zero-order valence-electron chi connectivity index (χ0n) is 11.7. The van der Waals surface area contributed by atoms with E-state index in [0.29, 0.717) is 11.3 Å². The largest absolute Gasteiger partial charge is 0.393 e. The van der Waals surface area contributed by atoms with Gasteiger partial charge in [-0.3, -0.25) is 0 Å². The summed E-state index contributed by atoms with van der Waals surface area (Å²) in [6.07, 6.45) is 7.83. The molecule has 0 saturated heterocycles. The molecule has 3 aliphatic carbocycles. The van der Waals surface area contributed by atoms with Crippen LogP contribution in [-0.2, 0) is 0 Å². The highest BCUT2D eigenvalue weighted by atomic mass is 16.3. The zero-order chi connectivity index (χ0) is 12.2. The van der Waals surface area contributed by atoms with Crippen molar-refractivity contribution in [3.63, 3.8) is 0 Å². The van der Waals surface area contributed by atoms with E-state index < -0.39 is 0 Å². The standard InChI is InChI=1S/C16H28O/c1-10-13-8-11(16(10,2)3)9-14(13)12-6-4-5-7-15(12)17/h10-15,17H,4-9H2,1-3H3/t10-,11+,12-,13+,14+,15-/m0/s1. The molecule has 0 aromatic heterocycles. The van der Waals surface area contributed by atoms with Gasteiger partial charge in [-0.2, -0.15) is 0 Å². The summed E-state index contributed by atoms with van der Waals surface area (Å²) in [4.78, 5) is 0. The molecule has 0 aliphatic heterocycles. The minimum Gasteiger partial charge on any atom is -0.393 e. The van der Waals surface area contributed by atoms with Crippen LogP contribution >= 0.6 is 0 Å². The fourth-order valence-electron chi connectivity index (χ4n) is 5.34. The lowest BCUT2D eigenvalue weighted by Gasteiger charge is -2.44. The smallest absolute Gasteiger partial charge is 0.0571 e. The van der Waals surface area contributed by atoms with Gasteiger partial charge in [-0.15, -0.1) is 0 Å². The Morgan fingerprint density at radius 1 is 0.941 bits per heavy atom. The van der Waals surface area contributed by atoms with Gasteiger partial charge in [-0.25, -0.2) is 0 Å². The van der Waals surface area contributed by atoms with Gasteiger partial charge in [-0.1, -0.05) is 33.6 Å². The van der Waals surface area contributed by atoms with Crippen LogP contribution in [0.15, 0.2) is 0 Å². The normalized spacial score (nSPS) is 52.9. The summed E-state index contributed by atoms with van der Waals surface area (Å²) in [5.74, 6) is 4.19. The molecule has 0 amide bonds. The van der Waals surface area contributed by atoms with E-state index in [1.165, 1.54) is 32.1 Å². The first-order chi connectivity index (χ1) is 8.01. The molecule has 98 valence electrons. The SMILES string of the molecule is C[C@H]1[C@H]2C[C@H](C[C@@H]2[C@@H]2CCCC[C@@H]2O)C1(C)C. The second kappa shape index (κ2) is 3.98. The Kier molecular flexibility index (Phi) is 2.81. The van der Waals surface area contributed by atoms with E-state index in [2.05, 4.69) is 20.8 Å². The second-order valence-corrected chi connectivity index (χ2v) is 7.62. The third-order valence-electron chi connectivity index (χ3n) is 6.86. The molecule has 0 radical (unpaired) electrons. The van der Waals surface area contributed by atoms with Crippen molar-refractivity contribution in [1.82, 2.24) is 0 Å². The second-order valence-electron chi connectivity index (χ2n) is 7.62. The van der Waals surface area contributed by atoms with Crippen molar-refractivity contribution in [2.75, 3.05) is 0 Å². The van der Waals surface area contributed by atoms with E-state index in [4.69, 9.17) is 0 Å². The first-order valence-electron chi connectivity index (χ1n) is 7.70. The average Bonchev–Trinajstić information content (AvgIpc) is 2.80. The number of aliphatic hydroxyl groups is 1. The van der Waals surface area contributed by atoms with Gasteiger partial charge in [0, 0.05) is 0 Å². The number of rotatable bonds is 1. The molecule has 1 heteroatoms. The van der Waals surface area contributed by atoms with E-state index >= 15 is 0 Å². The van der Waals surface area contributed by atoms with Gasteiger partial charge in [-0.05, 0) is 60.7 Å². The Morgan fingerprint density at radius 3 is 2.18 bits per heavy atom. The maximum atomic E-state index is 10.3. The molecule has 2 bridgehead atoms. The molecule has 0 aromatic carbocycles. The van der Waals surface area contributed by atoms with Gasteiger partial charge in [0.05, 0.1) is 6.10 Å². The first-order valence-corrected chi connectivity index (χ1v) is 7.70. The molecule has 6 atom stereocenters. The fourth-order valence-corrected chi connectivity index (χ4v) is 5.34. The van der Waals surface area contributed by atoms with Crippen LogP contribution in [0.25, 0.3) is 0 Å². The molecule has 3 rings (SSSR count). The van der Waals surface area contributed by atoms with E-state index in [-0.39, 0.29) is 6.10 Å². The molecule has 3 aliphatic rings. The van der Waals surface area contributed by atoms with Gasteiger partial charge >= 0.3 is 0 Å². The number of hydrogen-bond acceptors (Lipinski definition) is 1. The monoisotopic (exact) mass is 236 g/mol. The number of fused-ring (bicyclic) bond motifs is 2. The third-order valence-corrected chi connectivity index (χ3v) is 6.86. The summed E-state index contributed by atoms with van der Waals surface area (Å²) in [5.41, 5.74) is 0.556. The lowest BCUT2D eigenvalue weighted by molar-refractivity contribution is -0.0113. The van der Waals surface area contributed by atoms with Gasteiger partial charge in [0.2, 0.25) is 0 Å². The van der Waals surface area contributed by atoms with E-state index in [1.54, 1.807) is 0 Å². The van der Waals surface area contributed by atoms with E-state index in [1.807, 2.05) is 0 Å². The molecule has 3 saturated carbocycles. The molecule has 0 unspecified atom stereocenters. The van der Waals surface area contributed by atoms with Crippen LogP contribution in [0, 0.1) is 35.0 Å². The topological polar surface area (TPSA) is 20.2 Å². The van der Waals surface area contributed by atoms with E-state index in [0.717, 1.165) is 30.1 Å². The lowest BCUT2D eigenvalue weighted by atomic mass is 9.61. The summed E-state index contributed by atoms with van der Waals surface area (Å²) >= 11 is 0. The maximum absolute atomic E-state index is 10.3. The van der Waals surface area contributed by atoms with Gasteiger partial charge < -0.3 is 5.11 Å². The predicted molar refractivity (Wildman–Crippen MR) is 70.6 cm³/mol. The molecule has 1 nitrogen and oxygen atoms in total. The van der Waals surface area contributed by atoms with Crippen LogP contribution in [0.4, 0.5) is 0 Å². The minimum absolute atomic E-state index is 0.0170. The van der Waals surface area contributed by atoms with Crippen LogP contribution in [0.2, 0.25) is 0 Å². The van der Waals surface area contributed by atoms with Crippen molar-refractivity contribution < 1.29 is 5.11 Å². The first kappa shape index (κ1) is 12.0. The molecule has 3 fully saturated rings. The van der Waals surface area contributed by atoms with Crippen molar-refractivity contribution in [1.29, 1.82) is 0 Å². The molecular formula is C16H28O. The predicted octanol–water partition coefficient (Wildman–Crippen LogP) is 3.86. The highest BCUT2D eigenvalue weighted by Crippen LogP contribution is 2.63. The summed E-state index contributed by atoms with van der Waals surface area (Å²) in [5, 5.41) is 10.3. The van der Waals surface area contributed by atoms with Crippen molar-refractivity contribution in [2.45, 2.75) is 65.4 Å². The van der Waals surface area contributed by atoms with Crippen LogP contribution in [0.1, 0.15) is 59.3 Å². The fraction of sp³-hybridized carbons (Fsp3) is 1.00.